The number of nitrogens with one attached hydrogen (secondary N) is 1. The first kappa shape index (κ1) is 12.3. The number of rotatable bonds is 5. The number of ether oxygens (including phenoxy) is 1. The Balaban J connectivity index is 2.49. The molecule has 6 heteroatoms. The van der Waals surface area contributed by atoms with Crippen LogP contribution in [0.1, 0.15) is 16.6 Å². The quantitative estimate of drug-likeness (QED) is 0.806. The Labute approximate surface area is 97.4 Å². The van der Waals surface area contributed by atoms with Gasteiger partial charge >= 0.3 is 5.97 Å². The molecule has 0 spiro atoms. The molecule has 0 radical (unpaired) electrons. The zero-order valence-electron chi connectivity index (χ0n) is 8.94. The third-order valence-corrected chi connectivity index (χ3v) is 3.74. The van der Waals surface area contributed by atoms with E-state index in [1.807, 2.05) is 0 Å². The number of carbonyl (C=O) groups is 1. The van der Waals surface area contributed by atoms with E-state index in [2.05, 4.69) is 28.2 Å². The first-order valence-electron chi connectivity index (χ1n) is 4.48. The number of esters is 1. The predicted molar refractivity (Wildman–Crippen MR) is 64.9 cm³/mol. The van der Waals surface area contributed by atoms with Crippen molar-refractivity contribution in [2.45, 2.75) is 12.2 Å². The first-order chi connectivity index (χ1) is 7.17. The number of thioether (sulfide) groups is 1. The molecule has 4 nitrogen and oxygen atoms in total. The summed E-state index contributed by atoms with van der Waals surface area (Å²) >= 11 is 3.10. The largest absolute Gasteiger partial charge is 0.465 e. The van der Waals surface area contributed by atoms with Crippen molar-refractivity contribution in [3.8, 4) is 0 Å². The second kappa shape index (κ2) is 5.97. The molecule has 1 N–H and O–H groups in total. The van der Waals surface area contributed by atoms with Crippen LogP contribution in [0.5, 0.6) is 0 Å². The van der Waals surface area contributed by atoms with Gasteiger partial charge in [0.2, 0.25) is 0 Å². The lowest BCUT2D eigenvalue weighted by atomic mass is 10.5. The van der Waals surface area contributed by atoms with Crippen LogP contribution in [0.15, 0.2) is 6.20 Å². The van der Waals surface area contributed by atoms with Crippen LogP contribution in [0.3, 0.4) is 0 Å². The summed E-state index contributed by atoms with van der Waals surface area (Å²) in [5.41, 5.74) is 0. The van der Waals surface area contributed by atoms with Gasteiger partial charge in [-0.15, -0.1) is 0 Å². The molecule has 0 bridgehead atoms. The predicted octanol–water partition coefficient (Wildman–Crippen LogP) is 2.09. The van der Waals surface area contributed by atoms with Gasteiger partial charge in [0.25, 0.3) is 0 Å². The van der Waals surface area contributed by atoms with Gasteiger partial charge in [-0.2, -0.15) is 11.8 Å². The van der Waals surface area contributed by atoms with Crippen molar-refractivity contribution >= 4 is 34.2 Å². The summed E-state index contributed by atoms with van der Waals surface area (Å²) in [6, 6.07) is 0. The van der Waals surface area contributed by atoms with Gasteiger partial charge in [-0.1, -0.05) is 18.3 Å². The Bertz CT molecular complexity index is 328. The van der Waals surface area contributed by atoms with Crippen LogP contribution in [0.4, 0.5) is 5.13 Å². The highest BCUT2D eigenvalue weighted by Crippen LogP contribution is 2.19. The van der Waals surface area contributed by atoms with Crippen LogP contribution < -0.4 is 5.32 Å². The average Bonchev–Trinajstić information content (AvgIpc) is 2.73. The molecule has 0 aliphatic carbocycles. The zero-order chi connectivity index (χ0) is 11.3. The maximum absolute atomic E-state index is 11.1. The van der Waals surface area contributed by atoms with E-state index >= 15 is 0 Å². The summed E-state index contributed by atoms with van der Waals surface area (Å²) in [5, 5.41) is 4.46. The van der Waals surface area contributed by atoms with Crippen LogP contribution >= 0.6 is 23.1 Å². The summed E-state index contributed by atoms with van der Waals surface area (Å²) in [5.74, 6) is -0.335. The summed E-state index contributed by atoms with van der Waals surface area (Å²) < 4.78 is 4.60. The Morgan fingerprint density at radius 3 is 3.13 bits per heavy atom. The molecule has 1 atom stereocenters. The van der Waals surface area contributed by atoms with Crippen LogP contribution in [0.2, 0.25) is 0 Å². The van der Waals surface area contributed by atoms with E-state index in [0.29, 0.717) is 10.1 Å². The molecule has 1 rings (SSSR count). The summed E-state index contributed by atoms with van der Waals surface area (Å²) in [7, 11) is 1.37. The molecular weight excluding hydrogens is 232 g/mol. The minimum Gasteiger partial charge on any atom is -0.465 e. The zero-order valence-corrected chi connectivity index (χ0v) is 10.6. The Morgan fingerprint density at radius 1 is 1.80 bits per heavy atom. The topological polar surface area (TPSA) is 51.2 Å². The highest BCUT2D eigenvalue weighted by Gasteiger charge is 2.10. The van der Waals surface area contributed by atoms with Crippen molar-refractivity contribution < 1.29 is 9.53 Å². The second-order valence-corrected chi connectivity index (χ2v) is 5.26. The number of anilines is 1. The highest BCUT2D eigenvalue weighted by molar-refractivity contribution is 7.99. The minimum atomic E-state index is -0.335. The lowest BCUT2D eigenvalue weighted by molar-refractivity contribution is 0.0606. The lowest BCUT2D eigenvalue weighted by Gasteiger charge is -2.07. The molecule has 0 aliphatic heterocycles. The fourth-order valence-corrected chi connectivity index (χ4v) is 1.86. The standard InChI is InChI=1S/C9H14N2O2S2/c1-6(14-3)4-10-9-11-5-7(15-9)8(12)13-2/h5-6H,4H2,1-3H3,(H,10,11). The number of nitrogens with zero attached hydrogens (tertiary/aromatic N) is 1. The van der Waals surface area contributed by atoms with Gasteiger partial charge in [-0.25, -0.2) is 9.78 Å². The third kappa shape index (κ3) is 3.71. The second-order valence-electron chi connectivity index (χ2n) is 2.95. The van der Waals surface area contributed by atoms with Crippen molar-refractivity contribution in [2.75, 3.05) is 25.2 Å². The number of carbonyl (C=O) groups excluding carboxylic acids is 1. The maximum Gasteiger partial charge on any atom is 0.349 e. The number of aromatic nitrogens is 1. The minimum absolute atomic E-state index is 0.335. The lowest BCUT2D eigenvalue weighted by Crippen LogP contribution is -2.12. The van der Waals surface area contributed by atoms with Gasteiger partial charge in [-0.3, -0.25) is 0 Å². The van der Waals surface area contributed by atoms with Gasteiger partial charge in [0.15, 0.2) is 5.13 Å². The van der Waals surface area contributed by atoms with E-state index in [4.69, 9.17) is 0 Å². The highest BCUT2D eigenvalue weighted by atomic mass is 32.2. The molecule has 1 unspecified atom stereocenters. The Morgan fingerprint density at radius 2 is 2.53 bits per heavy atom. The van der Waals surface area contributed by atoms with Crippen LogP contribution in [-0.2, 0) is 4.74 Å². The molecule has 1 heterocycles. The summed E-state index contributed by atoms with van der Waals surface area (Å²) in [6.07, 6.45) is 3.59. The van der Waals surface area contributed by atoms with Crippen LogP contribution in [0, 0.1) is 0 Å². The van der Waals surface area contributed by atoms with Gasteiger partial charge in [0, 0.05) is 11.8 Å². The van der Waals surface area contributed by atoms with E-state index in [9.17, 15) is 4.79 Å². The summed E-state index contributed by atoms with van der Waals surface area (Å²) in [6.45, 7) is 2.97. The van der Waals surface area contributed by atoms with Gasteiger partial charge in [0.05, 0.1) is 13.3 Å². The number of hydrogen-bond acceptors (Lipinski definition) is 6. The fourth-order valence-electron chi connectivity index (χ4n) is 0.865. The molecule has 0 aliphatic rings. The van der Waals surface area contributed by atoms with Gasteiger partial charge < -0.3 is 10.1 Å². The average molecular weight is 246 g/mol. The molecule has 15 heavy (non-hydrogen) atoms. The molecule has 84 valence electrons. The number of thiazole rings is 1. The molecule has 0 amide bonds. The van der Waals surface area contributed by atoms with Crippen LogP contribution in [0.25, 0.3) is 0 Å². The molecule has 0 saturated carbocycles. The number of hydrogen-bond donors (Lipinski definition) is 1. The van der Waals surface area contributed by atoms with Gasteiger partial charge in [-0.05, 0) is 6.26 Å². The summed E-state index contributed by atoms with van der Waals surface area (Å²) in [4.78, 5) is 15.8. The normalized spacial score (nSPS) is 12.2. The third-order valence-electron chi connectivity index (χ3n) is 1.84. The van der Waals surface area contributed by atoms with Crippen LogP contribution in [-0.4, -0.2) is 36.1 Å². The SMILES string of the molecule is COC(=O)c1cnc(NCC(C)SC)s1. The van der Waals surface area contributed by atoms with Crippen molar-refractivity contribution in [2.24, 2.45) is 0 Å². The maximum atomic E-state index is 11.1. The Hall–Kier alpha value is -0.750. The molecule has 1 aromatic rings. The van der Waals surface area contributed by atoms with Crippen molar-refractivity contribution in [1.82, 2.24) is 4.98 Å². The molecule has 0 aromatic carbocycles. The molecule has 1 aromatic heterocycles. The smallest absolute Gasteiger partial charge is 0.349 e. The van der Waals surface area contributed by atoms with Crippen molar-refractivity contribution in [3.63, 3.8) is 0 Å². The van der Waals surface area contributed by atoms with E-state index in [-0.39, 0.29) is 5.97 Å². The fraction of sp³-hybridized carbons (Fsp3) is 0.556. The van der Waals surface area contributed by atoms with E-state index < -0.39 is 0 Å². The number of methoxy groups -OCH3 is 1. The molecule has 0 fully saturated rings. The molecular formula is C9H14N2O2S2. The Kier molecular flexibility index (Phi) is 4.90. The monoisotopic (exact) mass is 246 g/mol. The van der Waals surface area contributed by atoms with Crippen molar-refractivity contribution in [3.05, 3.63) is 11.1 Å². The van der Waals surface area contributed by atoms with E-state index in [1.165, 1.54) is 24.6 Å². The van der Waals surface area contributed by atoms with E-state index in [1.54, 1.807) is 11.8 Å². The van der Waals surface area contributed by atoms with E-state index in [0.717, 1.165) is 11.7 Å². The molecule has 0 saturated heterocycles. The van der Waals surface area contributed by atoms with Gasteiger partial charge in [0.1, 0.15) is 4.88 Å². The first-order valence-corrected chi connectivity index (χ1v) is 6.58. The van der Waals surface area contributed by atoms with Crippen molar-refractivity contribution in [1.29, 1.82) is 0 Å².